The normalized spacial score (nSPS) is 36.8. The predicted molar refractivity (Wildman–Crippen MR) is 44.2 cm³/mol. The molecule has 2 aliphatic rings. The summed E-state index contributed by atoms with van der Waals surface area (Å²) in [7, 11) is 0. The molecule has 1 nitrogen and oxygen atoms in total. The maximum atomic E-state index is 11.4. The van der Waals surface area contributed by atoms with Crippen molar-refractivity contribution in [1.82, 2.24) is 0 Å². The van der Waals surface area contributed by atoms with Gasteiger partial charge in [0.2, 0.25) is 0 Å². The van der Waals surface area contributed by atoms with Gasteiger partial charge < -0.3 is 0 Å². The van der Waals surface area contributed by atoms with Crippen molar-refractivity contribution in [3.05, 3.63) is 11.6 Å². The Morgan fingerprint density at radius 2 is 2.36 bits per heavy atom. The lowest BCUT2D eigenvalue weighted by Crippen LogP contribution is -2.10. The van der Waals surface area contributed by atoms with Crippen molar-refractivity contribution in [2.75, 3.05) is 0 Å². The molecule has 60 valence electrons. The molecule has 11 heavy (non-hydrogen) atoms. The zero-order chi connectivity index (χ0) is 7.84. The average Bonchev–Trinajstić information content (AvgIpc) is 2.30. The highest BCUT2D eigenvalue weighted by Crippen LogP contribution is 2.39. The van der Waals surface area contributed by atoms with Crippen molar-refractivity contribution in [3.63, 3.8) is 0 Å². The second-order valence-corrected chi connectivity index (χ2v) is 3.76. The summed E-state index contributed by atoms with van der Waals surface area (Å²) in [5.41, 5.74) is 1.45. The highest BCUT2D eigenvalue weighted by molar-refractivity contribution is 5.87. The Hall–Kier alpha value is -0.590. The SMILES string of the molecule is CC1CC(=O)C2CCCC=C12. The van der Waals surface area contributed by atoms with Crippen LogP contribution in [-0.4, -0.2) is 5.78 Å². The summed E-state index contributed by atoms with van der Waals surface area (Å²) >= 11 is 0. The van der Waals surface area contributed by atoms with Gasteiger partial charge in [0.25, 0.3) is 0 Å². The first-order valence-corrected chi connectivity index (χ1v) is 4.51. The highest BCUT2D eigenvalue weighted by Gasteiger charge is 2.35. The van der Waals surface area contributed by atoms with Gasteiger partial charge in [-0.3, -0.25) is 4.79 Å². The van der Waals surface area contributed by atoms with E-state index in [-0.39, 0.29) is 0 Å². The first kappa shape index (κ1) is 7.08. The molecule has 0 N–H and O–H groups in total. The Bertz CT molecular complexity index is 215. The number of carbonyl (C=O) groups excluding carboxylic acids is 1. The monoisotopic (exact) mass is 150 g/mol. The molecule has 0 bridgehead atoms. The quantitative estimate of drug-likeness (QED) is 0.484. The zero-order valence-electron chi connectivity index (χ0n) is 6.97. The Morgan fingerprint density at radius 3 is 3.09 bits per heavy atom. The van der Waals surface area contributed by atoms with Crippen LogP contribution in [0.2, 0.25) is 0 Å². The lowest BCUT2D eigenvalue weighted by Gasteiger charge is -2.17. The highest BCUT2D eigenvalue weighted by atomic mass is 16.1. The number of fused-ring (bicyclic) bond motifs is 1. The van der Waals surface area contributed by atoms with Gasteiger partial charge in [0, 0.05) is 12.3 Å². The van der Waals surface area contributed by atoms with E-state index < -0.39 is 0 Å². The van der Waals surface area contributed by atoms with Crippen molar-refractivity contribution < 1.29 is 4.79 Å². The Kier molecular flexibility index (Phi) is 1.59. The molecule has 0 aromatic rings. The fraction of sp³-hybridized carbons (Fsp3) is 0.700. The van der Waals surface area contributed by atoms with Crippen molar-refractivity contribution >= 4 is 5.78 Å². The van der Waals surface area contributed by atoms with Gasteiger partial charge in [0.05, 0.1) is 0 Å². The number of carbonyl (C=O) groups is 1. The first-order chi connectivity index (χ1) is 5.29. The van der Waals surface area contributed by atoms with E-state index in [1.165, 1.54) is 18.4 Å². The minimum atomic E-state index is 0.332. The molecular formula is C10H14O. The molecule has 0 aromatic heterocycles. The Morgan fingerprint density at radius 1 is 1.55 bits per heavy atom. The summed E-state index contributed by atoms with van der Waals surface area (Å²) in [6.07, 6.45) is 6.63. The van der Waals surface area contributed by atoms with Crippen LogP contribution in [-0.2, 0) is 4.79 Å². The lowest BCUT2D eigenvalue weighted by molar-refractivity contribution is -0.120. The van der Waals surface area contributed by atoms with Gasteiger partial charge in [-0.25, -0.2) is 0 Å². The van der Waals surface area contributed by atoms with E-state index in [0.717, 1.165) is 12.8 Å². The molecular weight excluding hydrogens is 136 g/mol. The fourth-order valence-electron chi connectivity index (χ4n) is 2.35. The molecule has 0 spiro atoms. The number of hydrogen-bond donors (Lipinski definition) is 0. The Balaban J connectivity index is 2.29. The van der Waals surface area contributed by atoms with Gasteiger partial charge in [-0.05, 0) is 25.2 Å². The minimum Gasteiger partial charge on any atom is -0.299 e. The molecule has 1 saturated carbocycles. The van der Waals surface area contributed by atoms with Crippen LogP contribution in [0.5, 0.6) is 0 Å². The van der Waals surface area contributed by atoms with Crippen molar-refractivity contribution in [2.45, 2.75) is 32.6 Å². The van der Waals surface area contributed by atoms with Gasteiger partial charge in [-0.1, -0.05) is 18.6 Å². The van der Waals surface area contributed by atoms with E-state index in [4.69, 9.17) is 0 Å². The van der Waals surface area contributed by atoms with Crippen molar-refractivity contribution in [2.24, 2.45) is 11.8 Å². The summed E-state index contributed by atoms with van der Waals surface area (Å²) in [5.74, 6) is 1.37. The maximum absolute atomic E-state index is 11.4. The smallest absolute Gasteiger partial charge is 0.140 e. The number of ketones is 1. The first-order valence-electron chi connectivity index (χ1n) is 4.51. The standard InChI is InChI=1S/C10H14O/c1-7-6-10(11)9-5-3-2-4-8(7)9/h4,7,9H,2-3,5-6H2,1H3. The van der Waals surface area contributed by atoms with Crippen molar-refractivity contribution in [3.8, 4) is 0 Å². The van der Waals surface area contributed by atoms with E-state index in [2.05, 4.69) is 13.0 Å². The zero-order valence-corrected chi connectivity index (χ0v) is 6.97. The topological polar surface area (TPSA) is 17.1 Å². The van der Waals surface area contributed by atoms with Crippen LogP contribution in [0.25, 0.3) is 0 Å². The minimum absolute atomic E-state index is 0.332. The molecule has 2 aliphatic carbocycles. The third kappa shape index (κ3) is 1.03. The maximum Gasteiger partial charge on any atom is 0.140 e. The molecule has 0 amide bonds. The molecule has 0 aromatic carbocycles. The number of hydrogen-bond acceptors (Lipinski definition) is 1. The summed E-state index contributed by atoms with van der Waals surface area (Å²) in [4.78, 5) is 11.4. The van der Waals surface area contributed by atoms with Crippen LogP contribution < -0.4 is 0 Å². The van der Waals surface area contributed by atoms with E-state index in [1.807, 2.05) is 0 Å². The van der Waals surface area contributed by atoms with Gasteiger partial charge in [0.15, 0.2) is 0 Å². The third-order valence-electron chi connectivity index (χ3n) is 2.94. The second-order valence-electron chi connectivity index (χ2n) is 3.76. The summed E-state index contributed by atoms with van der Waals surface area (Å²) < 4.78 is 0. The second kappa shape index (κ2) is 2.47. The fourth-order valence-corrected chi connectivity index (χ4v) is 2.35. The van der Waals surface area contributed by atoms with Crippen LogP contribution >= 0.6 is 0 Å². The molecule has 0 heterocycles. The summed E-state index contributed by atoms with van der Waals surface area (Å²) in [6, 6.07) is 0. The van der Waals surface area contributed by atoms with E-state index in [9.17, 15) is 4.79 Å². The van der Waals surface area contributed by atoms with Gasteiger partial charge in [-0.15, -0.1) is 0 Å². The largest absolute Gasteiger partial charge is 0.299 e. The molecule has 1 fully saturated rings. The van der Waals surface area contributed by atoms with Crippen molar-refractivity contribution in [1.29, 1.82) is 0 Å². The third-order valence-corrected chi connectivity index (χ3v) is 2.94. The van der Waals surface area contributed by atoms with Crippen LogP contribution in [0.15, 0.2) is 11.6 Å². The van der Waals surface area contributed by atoms with E-state index in [0.29, 0.717) is 17.6 Å². The molecule has 2 rings (SSSR count). The summed E-state index contributed by atoms with van der Waals surface area (Å²) in [5, 5.41) is 0. The number of Topliss-reactive ketones (excluding diaryl/α,β-unsaturated/α-hetero) is 1. The van der Waals surface area contributed by atoms with Crippen LogP contribution in [0.4, 0.5) is 0 Å². The average molecular weight is 150 g/mol. The molecule has 2 unspecified atom stereocenters. The van der Waals surface area contributed by atoms with Gasteiger partial charge in [-0.2, -0.15) is 0 Å². The molecule has 0 saturated heterocycles. The molecule has 0 radical (unpaired) electrons. The molecule has 1 heteroatoms. The van der Waals surface area contributed by atoms with Crippen LogP contribution in [0.3, 0.4) is 0 Å². The van der Waals surface area contributed by atoms with E-state index in [1.54, 1.807) is 0 Å². The summed E-state index contributed by atoms with van der Waals surface area (Å²) in [6.45, 7) is 2.18. The van der Waals surface area contributed by atoms with Gasteiger partial charge in [0.1, 0.15) is 5.78 Å². The van der Waals surface area contributed by atoms with Gasteiger partial charge >= 0.3 is 0 Å². The number of rotatable bonds is 0. The predicted octanol–water partition coefficient (Wildman–Crippen LogP) is 2.32. The molecule has 2 atom stereocenters. The molecule has 0 aliphatic heterocycles. The van der Waals surface area contributed by atoms with Crippen LogP contribution in [0, 0.1) is 11.8 Å². The lowest BCUT2D eigenvalue weighted by atomic mass is 9.87. The van der Waals surface area contributed by atoms with Crippen LogP contribution in [0.1, 0.15) is 32.6 Å². The van der Waals surface area contributed by atoms with E-state index >= 15 is 0 Å². The Labute approximate surface area is 67.5 Å². The number of allylic oxidation sites excluding steroid dienone is 2.